The van der Waals surface area contributed by atoms with E-state index >= 15 is 0 Å². The van der Waals surface area contributed by atoms with Crippen molar-refractivity contribution in [2.45, 2.75) is 89.6 Å². The zero-order valence-corrected chi connectivity index (χ0v) is 40.7. The number of aryl methyl sites for hydroxylation is 2. The van der Waals surface area contributed by atoms with Gasteiger partial charge in [0.05, 0.1) is 18.2 Å². The summed E-state index contributed by atoms with van der Waals surface area (Å²) in [6, 6.07) is 65.2. The highest BCUT2D eigenvalue weighted by Crippen LogP contribution is 2.39. The number of benzene rings is 7. The summed E-state index contributed by atoms with van der Waals surface area (Å²) in [6.45, 7) is 12.0. The molecule has 7 aromatic rings. The van der Waals surface area contributed by atoms with Gasteiger partial charge in [-0.3, -0.25) is 14.9 Å². The first kappa shape index (κ1) is 48.5. The van der Waals surface area contributed by atoms with Crippen LogP contribution in [0.3, 0.4) is 0 Å². The highest BCUT2D eigenvalue weighted by Gasteiger charge is 2.50. The Kier molecular flexibility index (Phi) is 16.2. The van der Waals surface area contributed by atoms with Crippen molar-refractivity contribution >= 4 is 36.2 Å². The van der Waals surface area contributed by atoms with E-state index in [1.807, 2.05) is 61.5 Å². The third kappa shape index (κ3) is 11.6. The Hall–Kier alpha value is -6.42. The van der Waals surface area contributed by atoms with Crippen molar-refractivity contribution < 1.29 is 14.0 Å². The minimum Gasteiger partial charge on any atom is -0.403 e. The SMILES string of the molecule is Cc1ccc(C(NCCCC[C@H](NC(=O)[C@@H](N)Cc2ccccc2)C(=O)Nc2ccc(CO[Si](c3ccccc3)(c3ccccc3)C(C)(C)C)cc2C)(c2ccccc2)c2ccccc2)cc1. The second-order valence-corrected chi connectivity index (χ2v) is 23.0. The first-order chi connectivity index (χ1) is 32.4. The van der Waals surface area contributed by atoms with Gasteiger partial charge in [-0.1, -0.05) is 214 Å². The van der Waals surface area contributed by atoms with Crippen LogP contribution in [0.5, 0.6) is 0 Å². The van der Waals surface area contributed by atoms with Gasteiger partial charge >= 0.3 is 0 Å². The molecule has 0 spiro atoms. The summed E-state index contributed by atoms with van der Waals surface area (Å²) in [4.78, 5) is 28.1. The van der Waals surface area contributed by atoms with Crippen LogP contribution in [0.25, 0.3) is 0 Å². The fraction of sp³-hybridized carbons (Fsp3) is 0.254. The Morgan fingerprint density at radius 3 is 1.63 bits per heavy atom. The summed E-state index contributed by atoms with van der Waals surface area (Å²) < 4.78 is 7.23. The van der Waals surface area contributed by atoms with Gasteiger partial charge in [0, 0.05) is 5.69 Å². The lowest BCUT2D eigenvalue weighted by Crippen LogP contribution is -2.66. The third-order valence-electron chi connectivity index (χ3n) is 12.9. The number of rotatable bonds is 20. The molecule has 7 aromatic carbocycles. The molecule has 67 heavy (non-hydrogen) atoms. The first-order valence-electron chi connectivity index (χ1n) is 23.6. The van der Waals surface area contributed by atoms with E-state index in [-0.39, 0.29) is 16.9 Å². The highest BCUT2D eigenvalue weighted by molar-refractivity contribution is 6.99. The zero-order chi connectivity index (χ0) is 47.3. The van der Waals surface area contributed by atoms with E-state index in [9.17, 15) is 9.59 Å². The number of hydrogen-bond donors (Lipinski definition) is 4. The molecule has 8 heteroatoms. The third-order valence-corrected chi connectivity index (χ3v) is 17.9. The van der Waals surface area contributed by atoms with Crippen LogP contribution in [0.1, 0.15) is 79.0 Å². The van der Waals surface area contributed by atoms with E-state index < -0.39 is 25.9 Å². The molecule has 0 bridgehead atoms. The molecule has 0 aliphatic heterocycles. The van der Waals surface area contributed by atoms with Gasteiger partial charge in [-0.25, -0.2) is 0 Å². The van der Waals surface area contributed by atoms with Crippen molar-refractivity contribution in [3.8, 4) is 0 Å². The number of unbranched alkanes of at least 4 members (excludes halogenated alkanes) is 1. The molecule has 0 aromatic heterocycles. The van der Waals surface area contributed by atoms with Gasteiger partial charge in [0.25, 0.3) is 8.32 Å². The monoisotopic (exact) mass is 906 g/mol. The summed E-state index contributed by atoms with van der Waals surface area (Å²) >= 11 is 0. The molecular weight excluding hydrogens is 841 g/mol. The zero-order valence-electron chi connectivity index (χ0n) is 39.7. The molecule has 2 atom stereocenters. The predicted octanol–water partition coefficient (Wildman–Crippen LogP) is 10.1. The molecular formula is C59H66N4O3Si. The van der Waals surface area contributed by atoms with Crippen molar-refractivity contribution in [1.29, 1.82) is 0 Å². The molecule has 7 rings (SSSR count). The van der Waals surface area contributed by atoms with Gasteiger partial charge in [0.1, 0.15) is 6.04 Å². The quantitative estimate of drug-likeness (QED) is 0.0347. The number of carbonyl (C=O) groups excluding carboxylic acids is 2. The summed E-state index contributed by atoms with van der Waals surface area (Å²) in [6.07, 6.45) is 2.21. The summed E-state index contributed by atoms with van der Waals surface area (Å²) in [7, 11) is -2.76. The van der Waals surface area contributed by atoms with Crippen molar-refractivity contribution in [2.75, 3.05) is 11.9 Å². The highest BCUT2D eigenvalue weighted by atomic mass is 28.4. The molecule has 7 nitrogen and oxygen atoms in total. The average molecular weight is 907 g/mol. The van der Waals surface area contributed by atoms with Crippen LogP contribution >= 0.6 is 0 Å². The molecule has 0 aliphatic carbocycles. The molecule has 0 radical (unpaired) electrons. The van der Waals surface area contributed by atoms with Gasteiger partial charge in [-0.05, 0) is 101 Å². The average Bonchev–Trinajstić information content (AvgIpc) is 3.34. The molecule has 0 saturated carbocycles. The van der Waals surface area contributed by atoms with E-state index in [1.54, 1.807) is 0 Å². The van der Waals surface area contributed by atoms with E-state index in [0.29, 0.717) is 38.1 Å². The smallest absolute Gasteiger partial charge is 0.261 e. The Bertz CT molecular complexity index is 2560. The van der Waals surface area contributed by atoms with E-state index in [2.05, 4.69) is 183 Å². The lowest BCUT2D eigenvalue weighted by Gasteiger charge is -2.43. The van der Waals surface area contributed by atoms with E-state index in [1.165, 1.54) is 15.9 Å². The Morgan fingerprint density at radius 1 is 0.597 bits per heavy atom. The van der Waals surface area contributed by atoms with Crippen LogP contribution in [0.2, 0.25) is 5.04 Å². The fourth-order valence-electron chi connectivity index (χ4n) is 9.37. The predicted molar refractivity (Wildman–Crippen MR) is 278 cm³/mol. The minimum atomic E-state index is -2.76. The topological polar surface area (TPSA) is 105 Å². The van der Waals surface area contributed by atoms with Gasteiger partial charge in [-0.2, -0.15) is 0 Å². The lowest BCUT2D eigenvalue weighted by molar-refractivity contribution is -0.127. The van der Waals surface area contributed by atoms with Crippen LogP contribution < -0.4 is 32.1 Å². The van der Waals surface area contributed by atoms with Crippen LogP contribution in [0, 0.1) is 13.8 Å². The second-order valence-electron chi connectivity index (χ2n) is 18.7. The fourth-order valence-corrected chi connectivity index (χ4v) is 13.9. The number of carbonyl (C=O) groups is 2. The van der Waals surface area contributed by atoms with E-state index in [4.69, 9.17) is 10.2 Å². The molecule has 0 heterocycles. The summed E-state index contributed by atoms with van der Waals surface area (Å²) in [5.41, 5.74) is 14.0. The molecule has 0 aliphatic rings. The Labute approximate surface area is 399 Å². The van der Waals surface area contributed by atoms with Crippen LogP contribution in [-0.2, 0) is 32.6 Å². The summed E-state index contributed by atoms with van der Waals surface area (Å²) in [5, 5.41) is 12.5. The number of amides is 2. The van der Waals surface area contributed by atoms with Gasteiger partial charge in [-0.15, -0.1) is 0 Å². The van der Waals surface area contributed by atoms with E-state index in [0.717, 1.165) is 39.8 Å². The van der Waals surface area contributed by atoms with Crippen molar-refractivity contribution in [2.24, 2.45) is 5.73 Å². The maximum atomic E-state index is 14.4. The molecule has 5 N–H and O–H groups in total. The lowest BCUT2D eigenvalue weighted by atomic mass is 9.76. The standard InChI is InChI=1S/C59H66N4O3Si/c1-44-34-37-50(38-35-44)59(48-25-13-7-14-26-48,49-27-15-8-16-28-49)61-40-22-21-33-55(63-56(64)53(60)42-46-23-11-6-12-24-46)57(65)62-54-39-36-47(41-45(54)2)43-66-67(58(3,4)5,51-29-17-9-18-30-51)52-31-19-10-20-32-52/h6-20,23-32,34-39,41,53,55,61H,21-22,33,40,42-43,60H2,1-5H3,(H,62,65)(H,63,64)/t53-,55-/m0/s1. The van der Waals surface area contributed by atoms with Crippen LogP contribution in [0.4, 0.5) is 5.69 Å². The van der Waals surface area contributed by atoms with Gasteiger partial charge in [0.15, 0.2) is 0 Å². The first-order valence-corrected chi connectivity index (χ1v) is 25.5. The van der Waals surface area contributed by atoms with Gasteiger partial charge < -0.3 is 20.8 Å². The van der Waals surface area contributed by atoms with Crippen LogP contribution in [0.15, 0.2) is 194 Å². The molecule has 0 fully saturated rings. The van der Waals surface area contributed by atoms with Crippen LogP contribution in [-0.4, -0.2) is 38.8 Å². The number of hydrogen-bond acceptors (Lipinski definition) is 5. The largest absolute Gasteiger partial charge is 0.403 e. The molecule has 2 amide bonds. The second kappa shape index (κ2) is 22.4. The number of nitrogens with two attached hydrogens (primary N) is 1. The molecule has 0 unspecified atom stereocenters. The maximum Gasteiger partial charge on any atom is 0.261 e. The normalized spacial score (nSPS) is 12.8. The maximum absolute atomic E-state index is 14.4. The Balaban J connectivity index is 1.08. The number of nitrogens with one attached hydrogen (secondary N) is 3. The van der Waals surface area contributed by atoms with Crippen molar-refractivity contribution in [1.82, 2.24) is 10.6 Å². The molecule has 344 valence electrons. The molecule has 0 saturated heterocycles. The van der Waals surface area contributed by atoms with Crippen molar-refractivity contribution in [3.63, 3.8) is 0 Å². The summed E-state index contributed by atoms with van der Waals surface area (Å²) in [5.74, 6) is -0.642. The Morgan fingerprint density at radius 2 is 1.10 bits per heavy atom. The minimum absolute atomic E-state index is 0.161. The van der Waals surface area contributed by atoms with Crippen molar-refractivity contribution in [3.05, 3.63) is 233 Å². The number of anilines is 1. The van der Waals surface area contributed by atoms with Gasteiger partial charge in [0.2, 0.25) is 11.8 Å².